The number of nitrogens with one attached hydrogen (secondary N) is 1. The number of anilines is 1. The molecule has 80 valence electrons. The van der Waals surface area contributed by atoms with Gasteiger partial charge < -0.3 is 10.1 Å². The van der Waals surface area contributed by atoms with E-state index in [-0.39, 0.29) is 12.5 Å². The largest absolute Gasteiger partial charge is 0.482 e. The highest BCUT2D eigenvalue weighted by Crippen LogP contribution is 2.31. The van der Waals surface area contributed by atoms with Crippen LogP contribution in [0.5, 0.6) is 5.75 Å². The van der Waals surface area contributed by atoms with E-state index in [1.54, 1.807) is 0 Å². The molecule has 0 fully saturated rings. The molecule has 1 aromatic carbocycles. The van der Waals surface area contributed by atoms with Gasteiger partial charge in [0.1, 0.15) is 5.75 Å². The van der Waals surface area contributed by atoms with Crippen LogP contribution in [0.3, 0.4) is 0 Å². The summed E-state index contributed by atoms with van der Waals surface area (Å²) in [6.07, 6.45) is 1.09. The lowest BCUT2D eigenvalue weighted by Crippen LogP contribution is -2.25. The van der Waals surface area contributed by atoms with Crippen molar-refractivity contribution in [3.05, 3.63) is 23.8 Å². The van der Waals surface area contributed by atoms with Crippen LogP contribution in [0.25, 0.3) is 0 Å². The molecule has 0 radical (unpaired) electrons. The third-order valence-electron chi connectivity index (χ3n) is 2.82. The number of hydrogen-bond acceptors (Lipinski definition) is 2. The number of carbonyl (C=O) groups is 1. The van der Waals surface area contributed by atoms with Gasteiger partial charge in [0, 0.05) is 0 Å². The summed E-state index contributed by atoms with van der Waals surface area (Å²) in [6, 6.07) is 5.99. The highest BCUT2D eigenvalue weighted by Gasteiger charge is 2.16. The van der Waals surface area contributed by atoms with Crippen molar-refractivity contribution in [1.82, 2.24) is 0 Å². The molecule has 0 saturated heterocycles. The van der Waals surface area contributed by atoms with Gasteiger partial charge in [0.15, 0.2) is 6.61 Å². The second-order valence-corrected chi connectivity index (χ2v) is 3.90. The minimum atomic E-state index is -0.0798. The van der Waals surface area contributed by atoms with Gasteiger partial charge in [0.2, 0.25) is 0 Å². The van der Waals surface area contributed by atoms with Crippen molar-refractivity contribution < 1.29 is 9.53 Å². The highest BCUT2D eigenvalue weighted by molar-refractivity contribution is 5.95. The van der Waals surface area contributed by atoms with Crippen LogP contribution >= 0.6 is 0 Å². The lowest BCUT2D eigenvalue weighted by atomic mass is 9.98. The Labute approximate surface area is 89.4 Å². The van der Waals surface area contributed by atoms with Crippen LogP contribution in [-0.2, 0) is 4.79 Å². The first-order valence-electron chi connectivity index (χ1n) is 5.27. The molecule has 1 aliphatic rings. The van der Waals surface area contributed by atoms with Crippen molar-refractivity contribution in [2.24, 2.45) is 0 Å². The van der Waals surface area contributed by atoms with Gasteiger partial charge in [-0.1, -0.05) is 19.9 Å². The maximum absolute atomic E-state index is 11.1. The number of hydrogen-bond donors (Lipinski definition) is 1. The molecule has 1 aromatic rings. The van der Waals surface area contributed by atoms with Crippen LogP contribution in [-0.4, -0.2) is 12.5 Å². The van der Waals surface area contributed by atoms with Crippen LogP contribution in [0.2, 0.25) is 0 Å². The third kappa shape index (κ3) is 1.96. The topological polar surface area (TPSA) is 38.3 Å². The molecule has 2 rings (SSSR count). The Morgan fingerprint density at radius 1 is 1.53 bits per heavy atom. The third-order valence-corrected chi connectivity index (χ3v) is 2.82. The van der Waals surface area contributed by atoms with Crippen LogP contribution in [0.4, 0.5) is 5.69 Å². The van der Waals surface area contributed by atoms with Crippen molar-refractivity contribution in [3.8, 4) is 5.75 Å². The standard InChI is InChI=1S/C12H15NO2/c1-3-8(2)9-4-5-11-10(6-9)13-12(14)7-15-11/h4-6,8H,3,7H2,1-2H3,(H,13,14)/t8-/m0/s1. The van der Waals surface area contributed by atoms with Gasteiger partial charge in [-0.3, -0.25) is 4.79 Å². The SMILES string of the molecule is CC[C@H](C)c1ccc2c(c1)NC(=O)CO2. The van der Waals surface area contributed by atoms with Crippen LogP contribution in [0.1, 0.15) is 31.7 Å². The van der Waals surface area contributed by atoms with Gasteiger partial charge in [-0.15, -0.1) is 0 Å². The van der Waals surface area contributed by atoms with Gasteiger partial charge in [-0.2, -0.15) is 0 Å². The van der Waals surface area contributed by atoms with E-state index in [0.717, 1.165) is 17.9 Å². The first kappa shape index (κ1) is 10.0. The van der Waals surface area contributed by atoms with Gasteiger partial charge in [-0.25, -0.2) is 0 Å². The second-order valence-electron chi connectivity index (χ2n) is 3.90. The first-order valence-corrected chi connectivity index (χ1v) is 5.27. The zero-order chi connectivity index (χ0) is 10.8. The lowest BCUT2D eigenvalue weighted by molar-refractivity contribution is -0.118. The summed E-state index contributed by atoms with van der Waals surface area (Å²) in [7, 11) is 0. The quantitative estimate of drug-likeness (QED) is 0.805. The van der Waals surface area contributed by atoms with Crippen LogP contribution in [0, 0.1) is 0 Å². The number of fused-ring (bicyclic) bond motifs is 1. The highest BCUT2D eigenvalue weighted by atomic mass is 16.5. The van der Waals surface area contributed by atoms with Gasteiger partial charge >= 0.3 is 0 Å². The maximum atomic E-state index is 11.1. The maximum Gasteiger partial charge on any atom is 0.262 e. The predicted octanol–water partition coefficient (Wildman–Crippen LogP) is 2.53. The van der Waals surface area contributed by atoms with E-state index >= 15 is 0 Å². The van der Waals surface area contributed by atoms with E-state index < -0.39 is 0 Å². The minimum Gasteiger partial charge on any atom is -0.482 e. The normalized spacial score (nSPS) is 16.3. The molecule has 0 aliphatic carbocycles. The van der Waals surface area contributed by atoms with E-state index in [1.807, 2.05) is 12.1 Å². The van der Waals surface area contributed by atoms with Crippen molar-refractivity contribution in [2.75, 3.05) is 11.9 Å². The van der Waals surface area contributed by atoms with Gasteiger partial charge in [-0.05, 0) is 30.0 Å². The number of amides is 1. The Kier molecular flexibility index (Phi) is 2.62. The fourth-order valence-electron chi connectivity index (χ4n) is 1.64. The monoisotopic (exact) mass is 205 g/mol. The molecule has 1 heterocycles. The lowest BCUT2D eigenvalue weighted by Gasteiger charge is -2.19. The Morgan fingerprint density at radius 2 is 2.33 bits per heavy atom. The Hall–Kier alpha value is -1.51. The fourth-order valence-corrected chi connectivity index (χ4v) is 1.64. The van der Waals surface area contributed by atoms with Crippen LogP contribution in [0.15, 0.2) is 18.2 Å². The van der Waals surface area contributed by atoms with Gasteiger partial charge in [0.05, 0.1) is 5.69 Å². The Balaban J connectivity index is 2.32. The zero-order valence-electron chi connectivity index (χ0n) is 9.04. The molecule has 15 heavy (non-hydrogen) atoms. The molecule has 3 heteroatoms. The molecule has 0 bridgehead atoms. The molecular weight excluding hydrogens is 190 g/mol. The van der Waals surface area contributed by atoms with Crippen molar-refractivity contribution in [2.45, 2.75) is 26.2 Å². The summed E-state index contributed by atoms with van der Waals surface area (Å²) in [4.78, 5) is 11.1. The molecular formula is C12H15NO2. The molecule has 1 amide bonds. The molecule has 0 spiro atoms. The molecule has 0 unspecified atom stereocenters. The number of ether oxygens (including phenoxy) is 1. The fraction of sp³-hybridized carbons (Fsp3) is 0.417. The number of carbonyl (C=O) groups excluding carboxylic acids is 1. The number of rotatable bonds is 2. The summed E-state index contributed by atoms with van der Waals surface area (Å²) >= 11 is 0. The summed E-state index contributed by atoms with van der Waals surface area (Å²) in [5.41, 5.74) is 2.03. The summed E-state index contributed by atoms with van der Waals surface area (Å²) in [5.74, 6) is 1.19. The minimum absolute atomic E-state index is 0.0798. The van der Waals surface area contributed by atoms with Crippen LogP contribution < -0.4 is 10.1 Å². The molecule has 1 N–H and O–H groups in total. The molecule has 1 aliphatic heterocycles. The van der Waals surface area contributed by atoms with Gasteiger partial charge in [0.25, 0.3) is 5.91 Å². The van der Waals surface area contributed by atoms with Crippen molar-refractivity contribution in [3.63, 3.8) is 0 Å². The summed E-state index contributed by atoms with van der Waals surface area (Å²) in [6.45, 7) is 4.45. The van der Waals surface area contributed by atoms with E-state index in [4.69, 9.17) is 4.74 Å². The van der Waals surface area contributed by atoms with E-state index in [9.17, 15) is 4.79 Å². The number of benzene rings is 1. The van der Waals surface area contributed by atoms with E-state index in [1.165, 1.54) is 5.56 Å². The molecule has 0 saturated carbocycles. The molecule has 0 aromatic heterocycles. The Bertz CT molecular complexity index is 387. The zero-order valence-corrected chi connectivity index (χ0v) is 9.04. The average molecular weight is 205 g/mol. The predicted molar refractivity (Wildman–Crippen MR) is 59.3 cm³/mol. The second kappa shape index (κ2) is 3.93. The first-order chi connectivity index (χ1) is 7.20. The van der Waals surface area contributed by atoms with Crippen molar-refractivity contribution in [1.29, 1.82) is 0 Å². The average Bonchev–Trinajstić information content (AvgIpc) is 2.27. The Morgan fingerprint density at radius 3 is 3.07 bits per heavy atom. The smallest absolute Gasteiger partial charge is 0.262 e. The molecule has 3 nitrogen and oxygen atoms in total. The van der Waals surface area contributed by atoms with Crippen molar-refractivity contribution >= 4 is 11.6 Å². The summed E-state index contributed by atoms with van der Waals surface area (Å²) in [5, 5.41) is 2.82. The van der Waals surface area contributed by atoms with E-state index in [0.29, 0.717) is 5.92 Å². The summed E-state index contributed by atoms with van der Waals surface area (Å²) < 4.78 is 5.29. The molecule has 1 atom stereocenters. The van der Waals surface area contributed by atoms with E-state index in [2.05, 4.69) is 25.2 Å².